The number of nitrogens with one attached hydrogen (secondary N) is 1. The largest absolute Gasteiger partial charge is 0.493 e. The van der Waals surface area contributed by atoms with Crippen LogP contribution in [0.2, 0.25) is 0 Å². The van der Waals surface area contributed by atoms with E-state index in [1.165, 1.54) is 22.3 Å². The molecule has 1 aliphatic heterocycles. The molecule has 0 amide bonds. The lowest BCUT2D eigenvalue weighted by molar-refractivity contribution is 0.309. The van der Waals surface area contributed by atoms with Crippen molar-refractivity contribution in [3.8, 4) is 11.5 Å². The first-order valence-electron chi connectivity index (χ1n) is 8.80. The second kappa shape index (κ2) is 7.27. The molecule has 3 heteroatoms. The Morgan fingerprint density at radius 2 is 1.88 bits per heavy atom. The summed E-state index contributed by atoms with van der Waals surface area (Å²) in [4.78, 5) is 0. The van der Waals surface area contributed by atoms with Crippen LogP contribution in [0.3, 0.4) is 0 Å². The fourth-order valence-corrected chi connectivity index (χ4v) is 3.36. The van der Waals surface area contributed by atoms with E-state index in [9.17, 15) is 0 Å². The van der Waals surface area contributed by atoms with E-state index in [1.54, 1.807) is 7.11 Å². The molecule has 0 aromatic heterocycles. The maximum Gasteiger partial charge on any atom is 0.161 e. The third-order valence-electron chi connectivity index (χ3n) is 4.72. The van der Waals surface area contributed by atoms with Crippen molar-refractivity contribution < 1.29 is 9.47 Å². The summed E-state index contributed by atoms with van der Waals surface area (Å²) < 4.78 is 11.3. The molecule has 24 heavy (non-hydrogen) atoms. The molecule has 3 rings (SSSR count). The van der Waals surface area contributed by atoms with Crippen molar-refractivity contribution in [3.05, 3.63) is 58.7 Å². The fourth-order valence-electron chi connectivity index (χ4n) is 3.36. The molecule has 0 bridgehead atoms. The second-order valence-corrected chi connectivity index (χ2v) is 6.59. The van der Waals surface area contributed by atoms with Gasteiger partial charge in [-0.3, -0.25) is 0 Å². The minimum Gasteiger partial charge on any atom is -0.493 e. The van der Waals surface area contributed by atoms with Gasteiger partial charge in [0.2, 0.25) is 0 Å². The van der Waals surface area contributed by atoms with E-state index in [-0.39, 0.29) is 6.04 Å². The average Bonchev–Trinajstić information content (AvgIpc) is 2.61. The predicted molar refractivity (Wildman–Crippen MR) is 98.2 cm³/mol. The lowest BCUT2D eigenvalue weighted by Crippen LogP contribution is -2.30. The van der Waals surface area contributed by atoms with Gasteiger partial charge >= 0.3 is 0 Å². The summed E-state index contributed by atoms with van der Waals surface area (Å²) in [7, 11) is 1.70. The van der Waals surface area contributed by atoms with Gasteiger partial charge in [-0.1, -0.05) is 38.1 Å². The summed E-state index contributed by atoms with van der Waals surface area (Å²) in [6.07, 6.45) is 1.01. The normalized spacial score (nSPS) is 16.8. The number of benzene rings is 2. The zero-order valence-electron chi connectivity index (χ0n) is 15.1. The molecule has 0 radical (unpaired) electrons. The number of ether oxygens (including phenoxy) is 2. The Labute approximate surface area is 145 Å². The first-order chi connectivity index (χ1) is 11.6. The summed E-state index contributed by atoms with van der Waals surface area (Å²) in [6, 6.07) is 13.5. The van der Waals surface area contributed by atoms with Crippen molar-refractivity contribution in [1.82, 2.24) is 5.32 Å². The molecule has 2 aromatic carbocycles. The van der Waals surface area contributed by atoms with E-state index in [0.717, 1.165) is 24.5 Å². The van der Waals surface area contributed by atoms with Gasteiger partial charge in [0.25, 0.3) is 0 Å². The van der Waals surface area contributed by atoms with Gasteiger partial charge in [-0.15, -0.1) is 0 Å². The predicted octanol–water partition coefficient (Wildman–Crippen LogP) is 4.45. The summed E-state index contributed by atoms with van der Waals surface area (Å²) in [5, 5.41) is 3.65. The zero-order chi connectivity index (χ0) is 17.1. The van der Waals surface area contributed by atoms with E-state index >= 15 is 0 Å². The molecule has 128 valence electrons. The molecule has 0 aliphatic carbocycles. The minimum atomic E-state index is 0.208. The van der Waals surface area contributed by atoms with Gasteiger partial charge in [-0.2, -0.15) is 0 Å². The number of fused-ring (bicyclic) bond motifs is 1. The van der Waals surface area contributed by atoms with Crippen molar-refractivity contribution >= 4 is 0 Å². The third kappa shape index (κ3) is 3.27. The van der Waals surface area contributed by atoms with Crippen molar-refractivity contribution in [2.45, 2.75) is 39.2 Å². The number of hydrogen-bond acceptors (Lipinski definition) is 3. The number of methoxy groups -OCH3 is 1. The monoisotopic (exact) mass is 325 g/mol. The standard InChI is InChI=1S/C21H27NO2/c1-5-24-20-13-18-17(12-19(20)23-4)10-11-22-21(18)16-8-6-15(7-9-16)14(2)3/h6-9,12-14,21-22H,5,10-11H2,1-4H3. The van der Waals surface area contributed by atoms with Crippen LogP contribution in [0, 0.1) is 0 Å². The van der Waals surface area contributed by atoms with E-state index < -0.39 is 0 Å². The fraction of sp³-hybridized carbons (Fsp3) is 0.429. The summed E-state index contributed by atoms with van der Waals surface area (Å²) >= 11 is 0. The summed E-state index contributed by atoms with van der Waals surface area (Å²) in [5.74, 6) is 2.21. The molecule has 2 aromatic rings. The first-order valence-corrected chi connectivity index (χ1v) is 8.80. The smallest absolute Gasteiger partial charge is 0.161 e. The van der Waals surface area contributed by atoms with Crippen LogP contribution in [0.5, 0.6) is 11.5 Å². The van der Waals surface area contributed by atoms with Crippen LogP contribution < -0.4 is 14.8 Å². The van der Waals surface area contributed by atoms with Gasteiger partial charge in [0, 0.05) is 6.54 Å². The SMILES string of the molecule is CCOc1cc2c(cc1OC)CCNC2c1ccc(C(C)C)cc1. The molecule has 0 saturated heterocycles. The van der Waals surface area contributed by atoms with Gasteiger partial charge in [0.15, 0.2) is 11.5 Å². The Morgan fingerprint density at radius 3 is 2.50 bits per heavy atom. The number of rotatable bonds is 5. The van der Waals surface area contributed by atoms with Crippen LogP contribution in [-0.2, 0) is 6.42 Å². The Hall–Kier alpha value is -2.00. The molecule has 0 fully saturated rings. The topological polar surface area (TPSA) is 30.5 Å². The molecule has 0 spiro atoms. The van der Waals surface area contributed by atoms with Crippen LogP contribution >= 0.6 is 0 Å². The number of hydrogen-bond donors (Lipinski definition) is 1. The Morgan fingerprint density at radius 1 is 1.12 bits per heavy atom. The minimum absolute atomic E-state index is 0.208. The Bertz CT molecular complexity index is 692. The molecule has 1 unspecified atom stereocenters. The molecule has 0 saturated carbocycles. The van der Waals surface area contributed by atoms with Crippen LogP contribution in [-0.4, -0.2) is 20.3 Å². The lowest BCUT2D eigenvalue weighted by Gasteiger charge is -2.29. The Kier molecular flexibility index (Phi) is 5.10. The highest BCUT2D eigenvalue weighted by atomic mass is 16.5. The van der Waals surface area contributed by atoms with E-state index in [0.29, 0.717) is 12.5 Å². The molecule has 1 aliphatic rings. The molecular weight excluding hydrogens is 298 g/mol. The second-order valence-electron chi connectivity index (χ2n) is 6.59. The first kappa shape index (κ1) is 16.8. The zero-order valence-corrected chi connectivity index (χ0v) is 15.1. The molecule has 1 N–H and O–H groups in total. The van der Waals surface area contributed by atoms with Crippen LogP contribution in [0.4, 0.5) is 0 Å². The summed E-state index contributed by atoms with van der Waals surface area (Å²) in [6.45, 7) is 8.06. The van der Waals surface area contributed by atoms with Crippen molar-refractivity contribution in [2.75, 3.05) is 20.3 Å². The van der Waals surface area contributed by atoms with Gasteiger partial charge < -0.3 is 14.8 Å². The highest BCUT2D eigenvalue weighted by molar-refractivity contribution is 5.51. The van der Waals surface area contributed by atoms with Crippen LogP contribution in [0.1, 0.15) is 55.0 Å². The van der Waals surface area contributed by atoms with Crippen molar-refractivity contribution in [1.29, 1.82) is 0 Å². The summed E-state index contributed by atoms with van der Waals surface area (Å²) in [5.41, 5.74) is 5.31. The van der Waals surface area contributed by atoms with Crippen molar-refractivity contribution in [2.24, 2.45) is 0 Å². The molecular formula is C21H27NO2. The lowest BCUT2D eigenvalue weighted by atomic mass is 9.88. The van der Waals surface area contributed by atoms with Gasteiger partial charge in [0.1, 0.15) is 0 Å². The van der Waals surface area contributed by atoms with E-state index in [1.807, 2.05) is 6.92 Å². The quantitative estimate of drug-likeness (QED) is 0.881. The van der Waals surface area contributed by atoms with E-state index in [4.69, 9.17) is 9.47 Å². The van der Waals surface area contributed by atoms with E-state index in [2.05, 4.69) is 55.6 Å². The Balaban J connectivity index is 1.99. The highest BCUT2D eigenvalue weighted by Crippen LogP contribution is 2.37. The molecule has 1 heterocycles. The highest BCUT2D eigenvalue weighted by Gasteiger charge is 2.24. The van der Waals surface area contributed by atoms with Crippen LogP contribution in [0.25, 0.3) is 0 Å². The van der Waals surface area contributed by atoms with Gasteiger partial charge in [-0.25, -0.2) is 0 Å². The molecule has 1 atom stereocenters. The van der Waals surface area contributed by atoms with Crippen LogP contribution in [0.15, 0.2) is 36.4 Å². The van der Waals surface area contributed by atoms with Crippen molar-refractivity contribution in [3.63, 3.8) is 0 Å². The third-order valence-corrected chi connectivity index (χ3v) is 4.72. The maximum absolute atomic E-state index is 5.78. The average molecular weight is 325 g/mol. The molecule has 3 nitrogen and oxygen atoms in total. The van der Waals surface area contributed by atoms with Gasteiger partial charge in [-0.05, 0) is 53.6 Å². The maximum atomic E-state index is 5.78. The van der Waals surface area contributed by atoms with Gasteiger partial charge in [0.05, 0.1) is 19.8 Å².